The minimum atomic E-state index is -3.52. The van der Waals surface area contributed by atoms with E-state index in [2.05, 4.69) is 31.5 Å². The third-order valence-corrected chi connectivity index (χ3v) is 7.17. The molecule has 198 valence electrons. The van der Waals surface area contributed by atoms with Gasteiger partial charge in [-0.15, -0.1) is 0 Å². The fourth-order valence-corrected chi connectivity index (χ4v) is 5.12. The minimum Gasteiger partial charge on any atom is -0.444 e. The van der Waals surface area contributed by atoms with Crippen molar-refractivity contribution in [1.29, 1.82) is 0 Å². The second kappa shape index (κ2) is 9.85. The molecule has 12 heteroatoms. The number of pyridine rings is 1. The number of likely N-dealkylation sites (tertiary alicyclic amines) is 1. The predicted molar refractivity (Wildman–Crippen MR) is 129 cm³/mol. The Balaban J connectivity index is 1.63. The van der Waals surface area contributed by atoms with E-state index < -0.39 is 53.4 Å². The van der Waals surface area contributed by atoms with Gasteiger partial charge in [0.1, 0.15) is 22.1 Å². The highest BCUT2D eigenvalue weighted by atomic mass is 79.9. The number of nitrogens with one attached hydrogen (secondary N) is 2. The Morgan fingerprint density at radius 3 is 2.72 bits per heavy atom. The summed E-state index contributed by atoms with van der Waals surface area (Å²) in [5.74, 6) is -5.04. The topological polar surface area (TPSA) is 110 Å². The van der Waals surface area contributed by atoms with Gasteiger partial charge in [-0.3, -0.25) is 14.5 Å². The largest absolute Gasteiger partial charge is 0.444 e. The number of amides is 3. The molecule has 2 bridgehead atoms. The van der Waals surface area contributed by atoms with Gasteiger partial charge in [-0.2, -0.15) is 8.78 Å². The van der Waals surface area contributed by atoms with Gasteiger partial charge in [-0.25, -0.2) is 9.78 Å². The summed E-state index contributed by atoms with van der Waals surface area (Å²) in [5.41, 5.74) is -0.854. The number of fused-ring (bicyclic) bond motifs is 2. The summed E-state index contributed by atoms with van der Waals surface area (Å²) in [4.78, 5) is 44.6. The van der Waals surface area contributed by atoms with Crippen LogP contribution >= 0.6 is 15.9 Å². The van der Waals surface area contributed by atoms with Crippen LogP contribution in [0.5, 0.6) is 0 Å². The maximum Gasteiger partial charge on any atom is 0.411 e. The molecule has 2 N–H and O–H groups in total. The van der Waals surface area contributed by atoms with Crippen LogP contribution in [0.25, 0.3) is 0 Å². The second-order valence-corrected chi connectivity index (χ2v) is 11.5. The van der Waals surface area contributed by atoms with Gasteiger partial charge in [0.2, 0.25) is 5.91 Å². The van der Waals surface area contributed by atoms with Crippen molar-refractivity contribution in [1.82, 2.24) is 15.2 Å². The number of piperidine rings is 1. The van der Waals surface area contributed by atoms with Crippen molar-refractivity contribution in [2.75, 3.05) is 18.5 Å². The van der Waals surface area contributed by atoms with Crippen LogP contribution in [0.3, 0.4) is 0 Å². The summed E-state index contributed by atoms with van der Waals surface area (Å²) >= 11 is 3.31. The SMILES string of the molecule is CC(C)(C)OC(=O)N1[C@H]2C[C@@]3(CNC(=O)C(F)(F)CCCCOCc4ccc(Br)nc4NC2=O)C[C@@H]13. The maximum absolute atomic E-state index is 14.4. The first kappa shape index (κ1) is 26.7. The zero-order valence-electron chi connectivity index (χ0n) is 20.5. The number of alkyl halides is 2. The first-order valence-electron chi connectivity index (χ1n) is 12.0. The highest BCUT2D eigenvalue weighted by molar-refractivity contribution is 9.10. The molecule has 0 aromatic carbocycles. The van der Waals surface area contributed by atoms with Crippen molar-refractivity contribution in [3.63, 3.8) is 0 Å². The molecule has 2 aliphatic heterocycles. The normalized spacial score (nSPS) is 28.8. The molecule has 1 aliphatic carbocycles. The lowest BCUT2D eigenvalue weighted by atomic mass is 9.98. The van der Waals surface area contributed by atoms with Crippen LogP contribution in [-0.4, -0.2) is 64.6 Å². The highest BCUT2D eigenvalue weighted by Gasteiger charge is 2.68. The van der Waals surface area contributed by atoms with Crippen molar-refractivity contribution < 1.29 is 32.6 Å². The Labute approximate surface area is 216 Å². The van der Waals surface area contributed by atoms with Crippen molar-refractivity contribution in [2.24, 2.45) is 5.41 Å². The molecule has 9 nitrogen and oxygen atoms in total. The monoisotopic (exact) mass is 572 g/mol. The number of rotatable bonds is 0. The zero-order valence-corrected chi connectivity index (χ0v) is 22.1. The fraction of sp³-hybridized carbons (Fsp3) is 0.667. The third-order valence-electron chi connectivity index (χ3n) is 6.73. The molecule has 3 amide bonds. The van der Waals surface area contributed by atoms with Gasteiger partial charge in [-0.1, -0.05) is 6.07 Å². The predicted octanol–water partition coefficient (Wildman–Crippen LogP) is 4.00. The van der Waals surface area contributed by atoms with Crippen LogP contribution in [0.2, 0.25) is 0 Å². The van der Waals surface area contributed by atoms with Gasteiger partial charge in [0.25, 0.3) is 5.91 Å². The Kier molecular flexibility index (Phi) is 7.31. The van der Waals surface area contributed by atoms with E-state index in [0.29, 0.717) is 23.0 Å². The molecule has 36 heavy (non-hydrogen) atoms. The zero-order chi connectivity index (χ0) is 26.3. The van der Waals surface area contributed by atoms with Crippen LogP contribution < -0.4 is 10.6 Å². The highest BCUT2D eigenvalue weighted by Crippen LogP contribution is 2.59. The number of ether oxygens (including phenoxy) is 2. The Hall–Kier alpha value is -2.34. The molecular formula is C24H31BrF2N4O5. The van der Waals surface area contributed by atoms with Crippen molar-refractivity contribution >= 4 is 39.7 Å². The molecule has 0 unspecified atom stereocenters. The molecule has 1 saturated heterocycles. The second-order valence-electron chi connectivity index (χ2n) is 10.7. The van der Waals surface area contributed by atoms with E-state index in [-0.39, 0.29) is 38.4 Å². The average Bonchev–Trinajstić information content (AvgIpc) is 3.37. The summed E-state index contributed by atoms with van der Waals surface area (Å²) in [6, 6.07) is 2.13. The van der Waals surface area contributed by atoms with Gasteiger partial charge in [0.05, 0.1) is 6.61 Å². The summed E-state index contributed by atoms with van der Waals surface area (Å²) in [5, 5.41) is 5.19. The number of aromatic nitrogens is 1. The van der Waals surface area contributed by atoms with Crippen LogP contribution in [0.1, 0.15) is 58.4 Å². The molecule has 1 aromatic heterocycles. The van der Waals surface area contributed by atoms with E-state index in [1.165, 1.54) is 4.90 Å². The lowest BCUT2D eigenvalue weighted by Crippen LogP contribution is -2.47. The van der Waals surface area contributed by atoms with Gasteiger partial charge < -0.3 is 20.1 Å². The van der Waals surface area contributed by atoms with Gasteiger partial charge in [0.15, 0.2) is 0 Å². The number of carbonyl (C=O) groups is 3. The first-order valence-corrected chi connectivity index (χ1v) is 12.8. The molecule has 1 saturated carbocycles. The molecule has 1 spiro atoms. The van der Waals surface area contributed by atoms with E-state index in [4.69, 9.17) is 9.47 Å². The smallest absolute Gasteiger partial charge is 0.411 e. The maximum atomic E-state index is 14.4. The third kappa shape index (κ3) is 5.80. The fourth-order valence-electron chi connectivity index (χ4n) is 4.81. The van der Waals surface area contributed by atoms with E-state index in [9.17, 15) is 23.2 Å². The Bertz CT molecular complexity index is 1050. The summed E-state index contributed by atoms with van der Waals surface area (Å²) in [6.07, 6.45) is -0.0944. The van der Waals surface area contributed by atoms with Gasteiger partial charge >= 0.3 is 12.0 Å². The lowest BCUT2D eigenvalue weighted by Gasteiger charge is -2.29. The number of nitrogens with zero attached hydrogens (tertiary/aromatic N) is 2. The molecule has 1 aromatic rings. The molecule has 3 aliphatic rings. The number of carbonyl (C=O) groups excluding carboxylic acids is 3. The molecule has 2 fully saturated rings. The Morgan fingerprint density at radius 1 is 1.25 bits per heavy atom. The molecule has 3 atom stereocenters. The van der Waals surface area contributed by atoms with E-state index in [1.54, 1.807) is 32.9 Å². The average molecular weight is 573 g/mol. The van der Waals surface area contributed by atoms with E-state index in [0.717, 1.165) is 0 Å². The van der Waals surface area contributed by atoms with E-state index >= 15 is 0 Å². The summed E-state index contributed by atoms with van der Waals surface area (Å²) in [6.45, 7) is 5.43. The molecular weight excluding hydrogens is 542 g/mol. The number of halogens is 3. The first-order chi connectivity index (χ1) is 16.8. The number of hydrogen-bond acceptors (Lipinski definition) is 6. The van der Waals surface area contributed by atoms with Gasteiger partial charge in [0, 0.05) is 36.6 Å². The number of anilines is 1. The summed E-state index contributed by atoms with van der Waals surface area (Å²) < 4.78 is 40.5. The van der Waals surface area contributed by atoms with Gasteiger partial charge in [-0.05, 0) is 68.5 Å². The summed E-state index contributed by atoms with van der Waals surface area (Å²) in [7, 11) is 0. The standard InChI is InChI=1S/C24H31BrF2N4O5/c1-22(2,3)36-21(34)31-15-10-23(11-16(23)31)13-28-20(33)24(26,27)8-4-5-9-35-12-14-6-7-17(25)29-18(14)30-19(15)32/h6-7,15-16H,4-5,8-13H2,1-3H3,(H,28,33)(H,29,30,32)/t15-,16+,23-/m0/s1. The lowest BCUT2D eigenvalue weighted by molar-refractivity contribution is -0.147. The van der Waals surface area contributed by atoms with Crippen LogP contribution in [0, 0.1) is 5.41 Å². The Morgan fingerprint density at radius 2 is 2.00 bits per heavy atom. The molecule has 3 heterocycles. The quantitative estimate of drug-likeness (QED) is 0.455. The van der Waals surface area contributed by atoms with E-state index in [1.807, 2.05) is 0 Å². The van der Waals surface area contributed by atoms with Crippen molar-refractivity contribution in [2.45, 2.75) is 83.1 Å². The molecule has 0 radical (unpaired) electrons. The van der Waals surface area contributed by atoms with Crippen LogP contribution in [-0.2, 0) is 25.7 Å². The number of hydrogen-bond donors (Lipinski definition) is 2. The van der Waals surface area contributed by atoms with Crippen LogP contribution in [0.4, 0.5) is 19.4 Å². The minimum absolute atomic E-state index is 0.0569. The molecule has 4 rings (SSSR count). The van der Waals surface area contributed by atoms with Crippen molar-refractivity contribution in [3.05, 3.63) is 22.3 Å². The van der Waals surface area contributed by atoms with Crippen LogP contribution in [0.15, 0.2) is 16.7 Å². The van der Waals surface area contributed by atoms with Crippen molar-refractivity contribution in [3.8, 4) is 0 Å².